The molecule has 0 bridgehead atoms. The number of aromatic nitrogens is 1. The number of benzene rings is 1. The van der Waals surface area contributed by atoms with Gasteiger partial charge in [-0.15, -0.1) is 0 Å². The first-order chi connectivity index (χ1) is 9.72. The molecule has 2 aromatic rings. The number of aryl methyl sites for hydroxylation is 1. The van der Waals surface area contributed by atoms with Gasteiger partial charge in [0.1, 0.15) is 5.69 Å². The first kappa shape index (κ1) is 14.5. The summed E-state index contributed by atoms with van der Waals surface area (Å²) in [7, 11) is 0. The Balaban J connectivity index is 2.19. The third kappa shape index (κ3) is 3.56. The number of hydrogen-bond acceptors (Lipinski definition) is 2. The topological polar surface area (TPSA) is 50.2 Å². The van der Waals surface area contributed by atoms with Crippen LogP contribution in [0.25, 0.3) is 10.9 Å². The van der Waals surface area contributed by atoms with Gasteiger partial charge in [0.05, 0.1) is 5.52 Å². The molecular weight excluding hydrogens is 250 g/mol. The molecule has 3 heteroatoms. The highest BCUT2D eigenvalue weighted by atomic mass is 16.4. The predicted molar refractivity (Wildman–Crippen MR) is 81.2 cm³/mol. The molecule has 1 heterocycles. The normalized spacial score (nSPS) is 10.8. The average Bonchev–Trinajstić information content (AvgIpc) is 2.46. The van der Waals surface area contributed by atoms with Crippen molar-refractivity contribution in [3.05, 3.63) is 41.6 Å². The zero-order valence-electron chi connectivity index (χ0n) is 11.9. The second-order valence-electron chi connectivity index (χ2n) is 5.15. The second-order valence-corrected chi connectivity index (χ2v) is 5.15. The molecule has 0 spiro atoms. The number of carbonyl (C=O) groups is 1. The van der Waals surface area contributed by atoms with Gasteiger partial charge in [-0.25, -0.2) is 9.78 Å². The number of para-hydroxylation sites is 1. The molecule has 0 radical (unpaired) electrons. The van der Waals surface area contributed by atoms with Gasteiger partial charge >= 0.3 is 5.97 Å². The lowest BCUT2D eigenvalue weighted by Crippen LogP contribution is -2.02. The summed E-state index contributed by atoms with van der Waals surface area (Å²) in [5.74, 6) is -0.956. The Morgan fingerprint density at radius 2 is 1.90 bits per heavy atom. The monoisotopic (exact) mass is 271 g/mol. The molecule has 1 aromatic heterocycles. The van der Waals surface area contributed by atoms with Gasteiger partial charge < -0.3 is 5.11 Å². The molecule has 1 N–H and O–H groups in total. The first-order valence-electron chi connectivity index (χ1n) is 7.34. The van der Waals surface area contributed by atoms with Crippen molar-refractivity contribution < 1.29 is 9.90 Å². The Morgan fingerprint density at radius 3 is 2.65 bits per heavy atom. The summed E-state index contributed by atoms with van der Waals surface area (Å²) >= 11 is 0. The number of aromatic carboxylic acids is 1. The van der Waals surface area contributed by atoms with Crippen molar-refractivity contribution in [1.82, 2.24) is 4.98 Å². The fraction of sp³-hybridized carbons (Fsp3) is 0.412. The van der Waals surface area contributed by atoms with Gasteiger partial charge in [0, 0.05) is 5.39 Å². The number of nitrogens with zero attached hydrogens (tertiary/aromatic N) is 1. The van der Waals surface area contributed by atoms with Crippen LogP contribution in [0.2, 0.25) is 0 Å². The Bertz CT molecular complexity index is 593. The standard InChI is InChI=1S/C17H21NO2/c1-2-3-4-5-6-9-13-12-16(17(19)20)18-15-11-8-7-10-14(13)15/h7-8,10-12H,2-6,9H2,1H3,(H,19,20). The zero-order chi connectivity index (χ0) is 14.4. The highest BCUT2D eigenvalue weighted by Gasteiger charge is 2.10. The van der Waals surface area contributed by atoms with Crippen molar-refractivity contribution in [3.63, 3.8) is 0 Å². The van der Waals surface area contributed by atoms with Crippen LogP contribution >= 0.6 is 0 Å². The molecule has 0 saturated carbocycles. The minimum atomic E-state index is -0.956. The number of carboxylic acid groups (broad SMARTS) is 1. The molecule has 3 nitrogen and oxygen atoms in total. The molecule has 0 saturated heterocycles. The van der Waals surface area contributed by atoms with E-state index in [1.807, 2.05) is 24.3 Å². The molecular formula is C17H21NO2. The number of carboxylic acids is 1. The fourth-order valence-electron chi connectivity index (χ4n) is 2.48. The van der Waals surface area contributed by atoms with Crippen LogP contribution in [0.4, 0.5) is 0 Å². The average molecular weight is 271 g/mol. The molecule has 106 valence electrons. The lowest BCUT2D eigenvalue weighted by Gasteiger charge is -2.08. The zero-order valence-corrected chi connectivity index (χ0v) is 11.9. The van der Waals surface area contributed by atoms with Gasteiger partial charge in [-0.3, -0.25) is 0 Å². The molecule has 0 aliphatic heterocycles. The number of unbranched alkanes of at least 4 members (excludes halogenated alkanes) is 4. The van der Waals surface area contributed by atoms with Crippen LogP contribution in [-0.2, 0) is 6.42 Å². The molecule has 1 aromatic carbocycles. The highest BCUT2D eigenvalue weighted by molar-refractivity contribution is 5.91. The van der Waals surface area contributed by atoms with E-state index in [-0.39, 0.29) is 5.69 Å². The number of pyridine rings is 1. The van der Waals surface area contributed by atoms with E-state index < -0.39 is 5.97 Å². The molecule has 0 fully saturated rings. The maximum Gasteiger partial charge on any atom is 0.354 e. The van der Waals surface area contributed by atoms with Gasteiger partial charge in [0.25, 0.3) is 0 Å². The molecule has 0 amide bonds. The van der Waals surface area contributed by atoms with Crippen LogP contribution in [0.3, 0.4) is 0 Å². The predicted octanol–water partition coefficient (Wildman–Crippen LogP) is 4.45. The Morgan fingerprint density at radius 1 is 1.15 bits per heavy atom. The number of hydrogen-bond donors (Lipinski definition) is 1. The smallest absolute Gasteiger partial charge is 0.354 e. The molecule has 0 atom stereocenters. The van der Waals surface area contributed by atoms with Crippen LogP contribution in [0.15, 0.2) is 30.3 Å². The van der Waals surface area contributed by atoms with E-state index in [0.29, 0.717) is 0 Å². The van der Waals surface area contributed by atoms with Crippen molar-refractivity contribution in [3.8, 4) is 0 Å². The Hall–Kier alpha value is -1.90. The van der Waals surface area contributed by atoms with Gasteiger partial charge in [0.15, 0.2) is 0 Å². The third-order valence-corrected chi connectivity index (χ3v) is 3.57. The third-order valence-electron chi connectivity index (χ3n) is 3.57. The Labute approximate surface area is 119 Å². The quantitative estimate of drug-likeness (QED) is 0.757. The van der Waals surface area contributed by atoms with Gasteiger partial charge in [-0.2, -0.15) is 0 Å². The molecule has 0 unspecified atom stereocenters. The lowest BCUT2D eigenvalue weighted by atomic mass is 10.0. The van der Waals surface area contributed by atoms with E-state index in [1.165, 1.54) is 25.7 Å². The minimum Gasteiger partial charge on any atom is -0.477 e. The molecule has 20 heavy (non-hydrogen) atoms. The van der Waals surface area contributed by atoms with Gasteiger partial charge in [0.2, 0.25) is 0 Å². The van der Waals surface area contributed by atoms with Crippen molar-refractivity contribution in [2.75, 3.05) is 0 Å². The highest BCUT2D eigenvalue weighted by Crippen LogP contribution is 2.21. The molecule has 2 rings (SSSR count). The van der Waals surface area contributed by atoms with E-state index in [0.717, 1.165) is 29.3 Å². The summed E-state index contributed by atoms with van der Waals surface area (Å²) in [4.78, 5) is 15.3. The molecule has 0 aliphatic carbocycles. The summed E-state index contributed by atoms with van der Waals surface area (Å²) in [6, 6.07) is 9.50. The van der Waals surface area contributed by atoms with E-state index in [9.17, 15) is 4.79 Å². The van der Waals surface area contributed by atoms with Crippen molar-refractivity contribution in [1.29, 1.82) is 0 Å². The van der Waals surface area contributed by atoms with Gasteiger partial charge in [-0.05, 0) is 30.5 Å². The van der Waals surface area contributed by atoms with Crippen molar-refractivity contribution >= 4 is 16.9 Å². The van der Waals surface area contributed by atoms with E-state index in [4.69, 9.17) is 5.11 Å². The van der Waals surface area contributed by atoms with Gasteiger partial charge in [-0.1, -0.05) is 50.8 Å². The summed E-state index contributed by atoms with van der Waals surface area (Å²) < 4.78 is 0. The maximum absolute atomic E-state index is 11.1. The van der Waals surface area contributed by atoms with Crippen molar-refractivity contribution in [2.24, 2.45) is 0 Å². The fourth-order valence-corrected chi connectivity index (χ4v) is 2.48. The van der Waals surface area contributed by atoms with E-state index in [1.54, 1.807) is 6.07 Å². The summed E-state index contributed by atoms with van der Waals surface area (Å²) in [5, 5.41) is 10.2. The summed E-state index contributed by atoms with van der Waals surface area (Å²) in [6.07, 6.45) is 7.00. The second kappa shape index (κ2) is 7.04. The number of rotatable bonds is 7. The summed E-state index contributed by atoms with van der Waals surface area (Å²) in [5.41, 5.74) is 2.02. The first-order valence-corrected chi connectivity index (χ1v) is 7.34. The van der Waals surface area contributed by atoms with E-state index >= 15 is 0 Å². The molecule has 0 aliphatic rings. The lowest BCUT2D eigenvalue weighted by molar-refractivity contribution is 0.0691. The maximum atomic E-state index is 11.1. The van der Waals surface area contributed by atoms with Crippen LogP contribution in [0, 0.1) is 0 Å². The SMILES string of the molecule is CCCCCCCc1cc(C(=O)O)nc2ccccc12. The largest absolute Gasteiger partial charge is 0.477 e. The number of fused-ring (bicyclic) bond motifs is 1. The van der Waals surface area contributed by atoms with Crippen LogP contribution in [-0.4, -0.2) is 16.1 Å². The minimum absolute atomic E-state index is 0.146. The Kier molecular flexibility index (Phi) is 5.10. The van der Waals surface area contributed by atoms with Crippen LogP contribution in [0.1, 0.15) is 55.1 Å². The van der Waals surface area contributed by atoms with Crippen LogP contribution in [0.5, 0.6) is 0 Å². The van der Waals surface area contributed by atoms with E-state index in [2.05, 4.69) is 11.9 Å². The van der Waals surface area contributed by atoms with Crippen LogP contribution < -0.4 is 0 Å². The summed E-state index contributed by atoms with van der Waals surface area (Å²) in [6.45, 7) is 2.20. The van der Waals surface area contributed by atoms with Crippen molar-refractivity contribution in [2.45, 2.75) is 45.4 Å².